The van der Waals surface area contributed by atoms with Crippen LogP contribution in [0.5, 0.6) is 0 Å². The van der Waals surface area contributed by atoms with Gasteiger partial charge in [0.1, 0.15) is 0 Å². The zero-order valence-corrected chi connectivity index (χ0v) is 16.8. The van der Waals surface area contributed by atoms with Gasteiger partial charge in [0.2, 0.25) is 0 Å². The molecule has 0 aliphatic rings. The van der Waals surface area contributed by atoms with Gasteiger partial charge in [0.25, 0.3) is 0 Å². The molecule has 7 heteroatoms. The largest absolute Gasteiger partial charge is 0.481 e. The number of aliphatic carboxylic acids is 2. The van der Waals surface area contributed by atoms with Crippen molar-refractivity contribution in [1.29, 1.82) is 0 Å². The van der Waals surface area contributed by atoms with Gasteiger partial charge in [-0.25, -0.2) is 0 Å². The molecule has 0 aromatic carbocycles. The van der Waals surface area contributed by atoms with Crippen molar-refractivity contribution in [3.63, 3.8) is 0 Å². The average molecular weight is 391 g/mol. The monoisotopic (exact) mass is 390 g/mol. The highest BCUT2D eigenvalue weighted by atomic mass is 16.5. The molecular weight excluding hydrogens is 352 g/mol. The Morgan fingerprint density at radius 2 is 1.04 bits per heavy atom. The van der Waals surface area contributed by atoms with Gasteiger partial charge < -0.3 is 24.4 Å². The summed E-state index contributed by atoms with van der Waals surface area (Å²) in [6, 6.07) is 0. The Labute approximate surface area is 163 Å². The van der Waals surface area contributed by atoms with Crippen LogP contribution < -0.4 is 0 Å². The van der Waals surface area contributed by atoms with E-state index in [9.17, 15) is 9.59 Å². The first kappa shape index (κ1) is 25.8. The second kappa shape index (κ2) is 19.6. The Morgan fingerprint density at radius 1 is 0.630 bits per heavy atom. The zero-order valence-electron chi connectivity index (χ0n) is 16.8. The molecule has 2 N–H and O–H groups in total. The van der Waals surface area contributed by atoms with E-state index in [0.29, 0.717) is 13.2 Å². The molecule has 0 fully saturated rings. The van der Waals surface area contributed by atoms with Crippen LogP contribution in [-0.4, -0.2) is 61.8 Å². The van der Waals surface area contributed by atoms with Gasteiger partial charge >= 0.3 is 11.9 Å². The lowest BCUT2D eigenvalue weighted by atomic mass is 10.1. The quantitative estimate of drug-likeness (QED) is 0.227. The molecule has 0 aromatic rings. The Morgan fingerprint density at radius 3 is 1.52 bits per heavy atom. The van der Waals surface area contributed by atoms with Crippen LogP contribution in [0.1, 0.15) is 71.1 Å². The average Bonchev–Trinajstić information content (AvgIpc) is 2.63. The summed E-state index contributed by atoms with van der Waals surface area (Å²) in [5.41, 5.74) is 0. The van der Waals surface area contributed by atoms with Crippen molar-refractivity contribution in [3.8, 4) is 0 Å². The van der Waals surface area contributed by atoms with E-state index in [2.05, 4.69) is 6.92 Å². The molecule has 27 heavy (non-hydrogen) atoms. The molecule has 160 valence electrons. The van der Waals surface area contributed by atoms with Crippen molar-refractivity contribution >= 4 is 11.9 Å². The van der Waals surface area contributed by atoms with Crippen LogP contribution in [-0.2, 0) is 23.8 Å². The van der Waals surface area contributed by atoms with Crippen molar-refractivity contribution in [2.45, 2.75) is 71.1 Å². The predicted octanol–water partition coefficient (Wildman–Crippen LogP) is 3.74. The minimum Gasteiger partial charge on any atom is -0.481 e. The molecule has 0 radical (unpaired) electrons. The van der Waals surface area contributed by atoms with Crippen LogP contribution in [0.25, 0.3) is 0 Å². The van der Waals surface area contributed by atoms with Gasteiger partial charge in [-0.15, -0.1) is 0 Å². The van der Waals surface area contributed by atoms with E-state index in [4.69, 9.17) is 24.4 Å². The highest BCUT2D eigenvalue weighted by molar-refractivity contribution is 5.92. The van der Waals surface area contributed by atoms with Gasteiger partial charge in [0, 0.05) is 6.61 Å². The molecule has 0 saturated carbocycles. The molecule has 0 bridgehead atoms. The van der Waals surface area contributed by atoms with Crippen molar-refractivity contribution in [2.75, 3.05) is 39.6 Å². The van der Waals surface area contributed by atoms with E-state index in [0.717, 1.165) is 13.0 Å². The maximum atomic E-state index is 10.6. The third-order valence-corrected chi connectivity index (χ3v) is 4.27. The molecule has 0 aromatic heterocycles. The first-order chi connectivity index (χ1) is 13.1. The summed E-state index contributed by atoms with van der Waals surface area (Å²) in [7, 11) is 0. The van der Waals surface area contributed by atoms with Crippen LogP contribution in [0.4, 0.5) is 0 Å². The normalized spacial score (nSPS) is 11.2. The van der Waals surface area contributed by atoms with Crippen LogP contribution >= 0.6 is 0 Å². The van der Waals surface area contributed by atoms with E-state index < -0.39 is 17.9 Å². The molecule has 0 rings (SSSR count). The van der Waals surface area contributed by atoms with Gasteiger partial charge in [0.15, 0.2) is 5.92 Å². The van der Waals surface area contributed by atoms with Crippen LogP contribution in [0.15, 0.2) is 0 Å². The summed E-state index contributed by atoms with van der Waals surface area (Å²) in [6.45, 7) is 4.04. The van der Waals surface area contributed by atoms with Crippen molar-refractivity contribution in [1.82, 2.24) is 0 Å². The number of hydrogen-bond acceptors (Lipinski definition) is 5. The highest BCUT2D eigenvalue weighted by Crippen LogP contribution is 2.10. The SMILES string of the molecule is CCCCCCCCCCCCOCCOCCOCC(C(=O)O)C(=O)O. The number of carbonyl (C=O) groups is 2. The number of carboxylic acids is 2. The topological polar surface area (TPSA) is 102 Å². The molecule has 0 aliphatic carbocycles. The van der Waals surface area contributed by atoms with E-state index in [1.54, 1.807) is 0 Å². The third kappa shape index (κ3) is 18.0. The number of unbranched alkanes of at least 4 members (excludes halogenated alkanes) is 9. The van der Waals surface area contributed by atoms with Crippen LogP contribution in [0.2, 0.25) is 0 Å². The summed E-state index contributed by atoms with van der Waals surface area (Å²) >= 11 is 0. The van der Waals surface area contributed by atoms with Gasteiger partial charge in [-0.05, 0) is 6.42 Å². The molecule has 0 spiro atoms. The van der Waals surface area contributed by atoms with Gasteiger partial charge in [-0.2, -0.15) is 0 Å². The van der Waals surface area contributed by atoms with E-state index in [1.165, 1.54) is 57.8 Å². The molecule has 0 unspecified atom stereocenters. The standard InChI is InChI=1S/C20H38O7/c1-2-3-4-5-6-7-8-9-10-11-12-25-13-14-26-15-16-27-17-18(19(21)22)20(23)24/h18H,2-17H2,1H3,(H,21,22)(H,23,24). The van der Waals surface area contributed by atoms with E-state index >= 15 is 0 Å². The number of hydrogen-bond donors (Lipinski definition) is 2. The molecule has 0 amide bonds. The lowest BCUT2D eigenvalue weighted by molar-refractivity contribution is -0.157. The molecule has 0 aliphatic heterocycles. The minimum absolute atomic E-state index is 0.162. The van der Waals surface area contributed by atoms with Gasteiger partial charge in [-0.1, -0.05) is 64.7 Å². The van der Waals surface area contributed by atoms with Gasteiger partial charge in [-0.3, -0.25) is 9.59 Å². The first-order valence-electron chi connectivity index (χ1n) is 10.3. The minimum atomic E-state index is -1.53. The summed E-state index contributed by atoms with van der Waals surface area (Å²) in [5.74, 6) is -4.33. The Hall–Kier alpha value is -1.18. The zero-order chi connectivity index (χ0) is 20.2. The van der Waals surface area contributed by atoms with Crippen molar-refractivity contribution in [3.05, 3.63) is 0 Å². The summed E-state index contributed by atoms with van der Waals surface area (Å²) in [4.78, 5) is 21.3. The molecular formula is C20H38O7. The molecule has 0 heterocycles. The van der Waals surface area contributed by atoms with Crippen LogP contribution in [0.3, 0.4) is 0 Å². The second-order valence-corrected chi connectivity index (χ2v) is 6.71. The first-order valence-corrected chi connectivity index (χ1v) is 10.3. The summed E-state index contributed by atoms with van der Waals surface area (Å²) in [5, 5.41) is 17.4. The maximum absolute atomic E-state index is 10.6. The smallest absolute Gasteiger partial charge is 0.320 e. The number of carboxylic acid groups (broad SMARTS) is 2. The number of ether oxygens (including phenoxy) is 3. The van der Waals surface area contributed by atoms with Crippen molar-refractivity contribution in [2.24, 2.45) is 5.92 Å². The Bertz CT molecular complexity index is 346. The second-order valence-electron chi connectivity index (χ2n) is 6.71. The lowest BCUT2D eigenvalue weighted by Crippen LogP contribution is -2.28. The Balaban J connectivity index is 3.19. The van der Waals surface area contributed by atoms with Crippen LogP contribution in [0, 0.1) is 5.92 Å². The summed E-state index contributed by atoms with van der Waals surface area (Å²) < 4.78 is 15.8. The lowest BCUT2D eigenvalue weighted by Gasteiger charge is -2.09. The maximum Gasteiger partial charge on any atom is 0.320 e. The molecule has 0 saturated heterocycles. The fraction of sp³-hybridized carbons (Fsp3) is 0.900. The fourth-order valence-corrected chi connectivity index (χ4v) is 2.58. The van der Waals surface area contributed by atoms with E-state index in [-0.39, 0.29) is 19.8 Å². The molecule has 0 atom stereocenters. The molecule has 7 nitrogen and oxygen atoms in total. The number of rotatable bonds is 21. The fourth-order valence-electron chi connectivity index (χ4n) is 2.58. The predicted molar refractivity (Wildman–Crippen MR) is 103 cm³/mol. The summed E-state index contributed by atoms with van der Waals surface area (Å²) in [6.07, 6.45) is 13.0. The third-order valence-electron chi connectivity index (χ3n) is 4.27. The highest BCUT2D eigenvalue weighted by Gasteiger charge is 2.25. The van der Waals surface area contributed by atoms with E-state index in [1.807, 2.05) is 0 Å². The van der Waals surface area contributed by atoms with Crippen molar-refractivity contribution < 1.29 is 34.0 Å². The Kier molecular flexibility index (Phi) is 18.7. The van der Waals surface area contributed by atoms with Gasteiger partial charge in [0.05, 0.1) is 33.0 Å².